The van der Waals surface area contributed by atoms with Crippen molar-refractivity contribution in [1.82, 2.24) is 15.0 Å². The minimum atomic E-state index is 0.862. The number of nitrogens with one attached hydrogen (secondary N) is 2. The van der Waals surface area contributed by atoms with Crippen LogP contribution in [0.25, 0.3) is 16.7 Å². The van der Waals surface area contributed by atoms with E-state index in [1.165, 1.54) is 11.3 Å². The van der Waals surface area contributed by atoms with Gasteiger partial charge in [-0.25, -0.2) is 14.4 Å². The summed E-state index contributed by atoms with van der Waals surface area (Å²) in [6, 6.07) is 12.3. The lowest BCUT2D eigenvalue weighted by molar-refractivity contribution is -0.510. The summed E-state index contributed by atoms with van der Waals surface area (Å²) in [5.74, 6) is 0.862. The van der Waals surface area contributed by atoms with E-state index < -0.39 is 0 Å². The first-order valence-electron chi connectivity index (χ1n) is 6.85. The van der Waals surface area contributed by atoms with E-state index in [2.05, 4.69) is 56.9 Å². The molecule has 0 amide bonds. The van der Waals surface area contributed by atoms with Crippen molar-refractivity contribution in [2.45, 2.75) is 17.8 Å². The molecule has 3 heterocycles. The third-order valence-electron chi connectivity index (χ3n) is 3.53. The van der Waals surface area contributed by atoms with Crippen molar-refractivity contribution in [2.75, 3.05) is 0 Å². The van der Waals surface area contributed by atoms with Crippen LogP contribution in [0, 0.1) is 6.92 Å². The molecule has 0 aliphatic carbocycles. The van der Waals surface area contributed by atoms with Crippen LogP contribution >= 0.6 is 11.8 Å². The maximum atomic E-state index is 4.59. The second-order valence-corrected chi connectivity index (χ2v) is 6.04. The summed E-state index contributed by atoms with van der Waals surface area (Å²) in [4.78, 5) is 11.4. The van der Waals surface area contributed by atoms with Crippen LogP contribution in [0.4, 0.5) is 0 Å². The van der Waals surface area contributed by atoms with Crippen LogP contribution < -0.4 is 4.40 Å². The maximum absolute atomic E-state index is 4.59. The first-order valence-corrected chi connectivity index (χ1v) is 7.84. The summed E-state index contributed by atoms with van der Waals surface area (Å²) in [5.41, 5.74) is 5.69. The normalized spacial score (nSPS) is 11.5. The topological polar surface area (TPSA) is 48.6 Å². The molecule has 3 aromatic heterocycles. The van der Waals surface area contributed by atoms with Gasteiger partial charge in [0.15, 0.2) is 10.9 Å². The van der Waals surface area contributed by atoms with Crippen molar-refractivity contribution in [3.63, 3.8) is 0 Å². The quantitative estimate of drug-likeness (QED) is 0.450. The number of para-hydroxylation sites is 2. The second-order valence-electron chi connectivity index (χ2n) is 5.07. The van der Waals surface area contributed by atoms with E-state index in [1.54, 1.807) is 11.8 Å². The molecule has 0 aliphatic heterocycles. The number of nitrogens with zero attached hydrogens (tertiary/aromatic N) is 2. The Bertz CT molecular complexity index is 889. The molecule has 1 aromatic carbocycles. The largest absolute Gasteiger partial charge is 0.333 e. The van der Waals surface area contributed by atoms with Crippen LogP contribution in [0.5, 0.6) is 0 Å². The van der Waals surface area contributed by atoms with Crippen LogP contribution in [0.15, 0.2) is 53.9 Å². The number of thioether (sulfide) groups is 1. The number of pyridine rings is 1. The summed E-state index contributed by atoms with van der Waals surface area (Å²) in [5, 5.41) is 0.955. The number of aromatic amines is 2. The predicted molar refractivity (Wildman–Crippen MR) is 84.3 cm³/mol. The molecule has 5 heteroatoms. The summed E-state index contributed by atoms with van der Waals surface area (Å²) < 4.78 is 2.13. The third-order valence-corrected chi connectivity index (χ3v) is 4.45. The van der Waals surface area contributed by atoms with Gasteiger partial charge in [0.1, 0.15) is 6.20 Å². The lowest BCUT2D eigenvalue weighted by Crippen LogP contribution is -2.17. The second kappa shape index (κ2) is 4.93. The number of imidazole rings is 2. The van der Waals surface area contributed by atoms with Crippen molar-refractivity contribution < 1.29 is 4.40 Å². The van der Waals surface area contributed by atoms with E-state index in [0.717, 1.165) is 27.6 Å². The first kappa shape index (κ1) is 12.5. The number of benzene rings is 1. The van der Waals surface area contributed by atoms with E-state index in [4.69, 9.17) is 0 Å². The number of hydrogen-bond acceptors (Lipinski definition) is 2. The standard InChI is InChI=1S/C16H14N4S/c1-11-5-4-8-20-9-12(17-15(11)20)10-21-16-18-13-6-2-3-7-14(13)19-16/h2-9H,10H2,1H3,(H,18,19)/p+1. The van der Waals surface area contributed by atoms with Crippen molar-refractivity contribution in [3.8, 4) is 0 Å². The highest BCUT2D eigenvalue weighted by atomic mass is 32.2. The van der Waals surface area contributed by atoms with Gasteiger partial charge in [0, 0.05) is 5.56 Å². The van der Waals surface area contributed by atoms with Gasteiger partial charge >= 0.3 is 0 Å². The van der Waals surface area contributed by atoms with Gasteiger partial charge in [-0.3, -0.25) is 0 Å². The Labute approximate surface area is 126 Å². The van der Waals surface area contributed by atoms with Crippen molar-refractivity contribution in [3.05, 3.63) is 60.0 Å². The number of rotatable bonds is 3. The fraction of sp³-hybridized carbons (Fsp3) is 0.125. The Morgan fingerprint density at radius 3 is 2.90 bits per heavy atom. The molecule has 0 aliphatic rings. The Kier molecular flexibility index (Phi) is 2.93. The molecular formula is C16H15N4S+. The van der Waals surface area contributed by atoms with Crippen molar-refractivity contribution >= 4 is 28.4 Å². The van der Waals surface area contributed by atoms with Crippen LogP contribution in [-0.4, -0.2) is 15.0 Å². The molecule has 4 rings (SSSR count). The number of aromatic nitrogens is 4. The lowest BCUT2D eigenvalue weighted by atomic mass is 10.3. The number of fused-ring (bicyclic) bond motifs is 2. The maximum Gasteiger partial charge on any atom is 0.287 e. The van der Waals surface area contributed by atoms with Crippen molar-refractivity contribution in [1.29, 1.82) is 0 Å². The van der Waals surface area contributed by atoms with E-state index in [-0.39, 0.29) is 0 Å². The molecule has 0 fully saturated rings. The fourth-order valence-electron chi connectivity index (χ4n) is 2.48. The zero-order chi connectivity index (χ0) is 14.2. The third kappa shape index (κ3) is 2.29. The molecular weight excluding hydrogens is 280 g/mol. The van der Waals surface area contributed by atoms with Gasteiger partial charge in [0.2, 0.25) is 0 Å². The van der Waals surface area contributed by atoms with Gasteiger partial charge in [-0.15, -0.1) is 0 Å². The Hall–Kier alpha value is -2.27. The summed E-state index contributed by atoms with van der Waals surface area (Å²) in [7, 11) is 0. The molecule has 4 nitrogen and oxygen atoms in total. The van der Waals surface area contributed by atoms with Gasteiger partial charge in [0.05, 0.1) is 23.0 Å². The van der Waals surface area contributed by atoms with Gasteiger partial charge in [0.25, 0.3) is 5.65 Å². The molecule has 0 radical (unpaired) electrons. The molecule has 0 atom stereocenters. The summed E-state index contributed by atoms with van der Waals surface area (Å²) in [6.45, 7) is 2.11. The monoisotopic (exact) mass is 295 g/mol. The molecule has 104 valence electrons. The Morgan fingerprint density at radius 2 is 2.05 bits per heavy atom. The number of H-pyrrole nitrogens is 2. The molecule has 4 aromatic rings. The van der Waals surface area contributed by atoms with Gasteiger partial charge in [-0.1, -0.05) is 23.9 Å². The minimum absolute atomic E-state index is 0.862. The highest BCUT2D eigenvalue weighted by Crippen LogP contribution is 2.22. The highest BCUT2D eigenvalue weighted by Gasteiger charge is 2.12. The average molecular weight is 295 g/mol. The first-order chi connectivity index (χ1) is 10.3. The molecule has 0 spiro atoms. The molecule has 0 bridgehead atoms. The van der Waals surface area contributed by atoms with Crippen LogP contribution in [0.2, 0.25) is 0 Å². The molecule has 0 unspecified atom stereocenters. The van der Waals surface area contributed by atoms with Gasteiger partial charge < -0.3 is 4.98 Å². The zero-order valence-electron chi connectivity index (χ0n) is 11.6. The number of hydrogen-bond donors (Lipinski definition) is 2. The smallest absolute Gasteiger partial charge is 0.287 e. The molecule has 2 N–H and O–H groups in total. The molecule has 0 saturated heterocycles. The minimum Gasteiger partial charge on any atom is -0.333 e. The highest BCUT2D eigenvalue weighted by molar-refractivity contribution is 7.98. The van der Waals surface area contributed by atoms with Gasteiger partial charge in [-0.05, 0) is 31.2 Å². The Morgan fingerprint density at radius 1 is 1.14 bits per heavy atom. The van der Waals surface area contributed by atoms with Crippen molar-refractivity contribution in [2.24, 2.45) is 0 Å². The molecule has 21 heavy (non-hydrogen) atoms. The van der Waals surface area contributed by atoms with E-state index in [0.29, 0.717) is 0 Å². The van der Waals surface area contributed by atoms with Crippen LogP contribution in [0.1, 0.15) is 11.3 Å². The fourth-order valence-corrected chi connectivity index (χ4v) is 3.26. The predicted octanol–water partition coefficient (Wildman–Crippen LogP) is 3.23. The summed E-state index contributed by atoms with van der Waals surface area (Å²) in [6.07, 6.45) is 4.20. The van der Waals surface area contributed by atoms with Crippen LogP contribution in [0.3, 0.4) is 0 Å². The molecule has 0 saturated carbocycles. The lowest BCUT2D eigenvalue weighted by Gasteiger charge is -1.90. The van der Waals surface area contributed by atoms with E-state index in [9.17, 15) is 0 Å². The summed E-state index contributed by atoms with van der Waals surface area (Å²) >= 11 is 1.71. The van der Waals surface area contributed by atoms with E-state index in [1.807, 2.05) is 18.2 Å². The van der Waals surface area contributed by atoms with Gasteiger partial charge in [-0.2, -0.15) is 0 Å². The zero-order valence-corrected chi connectivity index (χ0v) is 12.4. The van der Waals surface area contributed by atoms with Crippen LogP contribution in [-0.2, 0) is 5.75 Å². The van der Waals surface area contributed by atoms with E-state index >= 15 is 0 Å². The SMILES string of the molecule is Cc1ccc[n+]2cc(CSc3nc4ccccc4[nH]3)[nH]c12. The average Bonchev–Trinajstić information content (AvgIpc) is 3.09. The number of aryl methyl sites for hydroxylation is 1. The Balaban J connectivity index is 1.58.